The maximum Gasteiger partial charge on any atom is 0.407 e. The number of pyridine rings is 1. The molecule has 0 spiro atoms. The number of hydrogen-bond acceptors (Lipinski definition) is 9. The summed E-state index contributed by atoms with van der Waals surface area (Å²) in [6.07, 6.45) is 2.22. The van der Waals surface area contributed by atoms with Gasteiger partial charge in [0.15, 0.2) is 0 Å². The molecule has 3 aromatic heterocycles. The molecule has 15 nitrogen and oxygen atoms in total. The minimum atomic E-state index is -0.686. The molecule has 6 aromatic rings. The molecule has 4 heterocycles. The Bertz CT molecular complexity index is 2740. The van der Waals surface area contributed by atoms with Gasteiger partial charge in [-0.2, -0.15) is 0 Å². The lowest BCUT2D eigenvalue weighted by atomic mass is 10.0. The molecule has 328 valence electrons. The number of aryl methyl sites for hydroxylation is 1. The van der Waals surface area contributed by atoms with Crippen molar-refractivity contribution in [1.29, 1.82) is 0 Å². The topological polar surface area (TPSA) is 196 Å². The molecule has 2 aliphatic carbocycles. The summed E-state index contributed by atoms with van der Waals surface area (Å²) < 4.78 is 9.52. The molecule has 3 fully saturated rings. The van der Waals surface area contributed by atoms with Crippen molar-refractivity contribution in [2.24, 2.45) is 29.6 Å². The summed E-state index contributed by atoms with van der Waals surface area (Å²) in [6.45, 7) is 9.78. The highest BCUT2D eigenvalue weighted by Gasteiger charge is 2.56. The van der Waals surface area contributed by atoms with Crippen LogP contribution in [0.15, 0.2) is 66.7 Å². The molecule has 15 heteroatoms. The number of fused-ring (bicyclic) bond motifs is 4. The minimum Gasteiger partial charge on any atom is -0.453 e. The maximum atomic E-state index is 13.9. The zero-order valence-corrected chi connectivity index (χ0v) is 36.7. The van der Waals surface area contributed by atoms with Crippen molar-refractivity contribution in [3.05, 3.63) is 78.4 Å². The lowest BCUT2D eigenvalue weighted by Gasteiger charge is -2.31. The van der Waals surface area contributed by atoms with Crippen LogP contribution in [0.4, 0.5) is 9.59 Å². The van der Waals surface area contributed by atoms with E-state index < -0.39 is 24.3 Å². The maximum absolute atomic E-state index is 13.9. The number of nitrogens with one attached hydrogen (secondary N) is 5. The summed E-state index contributed by atoms with van der Waals surface area (Å²) in [5, 5.41) is 9.56. The predicted octanol–water partition coefficient (Wildman–Crippen LogP) is 7.43. The summed E-state index contributed by atoms with van der Waals surface area (Å²) in [4.78, 5) is 74.6. The van der Waals surface area contributed by atoms with Crippen LogP contribution >= 0.6 is 0 Å². The van der Waals surface area contributed by atoms with Crippen LogP contribution < -0.4 is 16.0 Å². The standard InChI is InChI=1S/C48H55N9O6/c1-23(2)41(55-47(60)62-6)45(58)54-43-25(5)31(43)12-17-40-50-34-15-9-27(19-36(34)51-40)26-8-13-32-28(18-26)10-14-33(49-32)29-11-16-35-37(20-29)53-44(52-35)39-22-30-21-38(30)57(39)46(59)42(24(3)4)56-48(61)63-7/h8-11,13-16,18-20,23-25,30-31,38-39,41-43H,12,17,21-22H2,1-7H3,(H,50,51)(H,52,53)(H,54,58)(H,55,60)(H,56,61). The van der Waals surface area contributed by atoms with E-state index in [2.05, 4.69) is 75.3 Å². The van der Waals surface area contributed by atoms with Gasteiger partial charge in [-0.1, -0.05) is 58.9 Å². The molecule has 63 heavy (non-hydrogen) atoms. The number of piperidine rings is 1. The van der Waals surface area contributed by atoms with E-state index in [0.29, 0.717) is 17.8 Å². The van der Waals surface area contributed by atoms with Crippen LogP contribution in [0.2, 0.25) is 0 Å². The monoisotopic (exact) mass is 853 g/mol. The van der Waals surface area contributed by atoms with Crippen LogP contribution in [0.5, 0.6) is 0 Å². The molecule has 9 rings (SSSR count). The van der Waals surface area contributed by atoms with Crippen molar-refractivity contribution in [3.8, 4) is 22.4 Å². The normalized spacial score (nSPS) is 22.3. The molecule has 1 saturated heterocycles. The van der Waals surface area contributed by atoms with E-state index in [1.807, 2.05) is 56.9 Å². The molecule has 1 aliphatic heterocycles. The van der Waals surface area contributed by atoms with Crippen LogP contribution in [-0.4, -0.2) is 92.2 Å². The van der Waals surface area contributed by atoms with Gasteiger partial charge in [0, 0.05) is 29.5 Å². The van der Waals surface area contributed by atoms with Crippen LogP contribution in [0, 0.1) is 29.6 Å². The number of carbonyl (C=O) groups is 4. The molecule has 0 bridgehead atoms. The van der Waals surface area contributed by atoms with E-state index >= 15 is 0 Å². The van der Waals surface area contributed by atoms with Crippen molar-refractivity contribution in [1.82, 2.24) is 45.8 Å². The Kier molecular flexibility index (Phi) is 11.1. The second-order valence-corrected chi connectivity index (χ2v) is 18.2. The first-order valence-electron chi connectivity index (χ1n) is 22.0. The first-order chi connectivity index (χ1) is 30.3. The second kappa shape index (κ2) is 16.6. The third-order valence-corrected chi connectivity index (χ3v) is 13.4. The van der Waals surface area contributed by atoms with Gasteiger partial charge in [-0.3, -0.25) is 9.59 Å². The van der Waals surface area contributed by atoms with Crippen molar-refractivity contribution in [2.45, 2.75) is 90.5 Å². The number of benzene rings is 3. The number of hydrogen-bond donors (Lipinski definition) is 5. The number of aromatic amines is 2. The number of amides is 4. The van der Waals surface area contributed by atoms with Crippen molar-refractivity contribution in [3.63, 3.8) is 0 Å². The van der Waals surface area contributed by atoms with E-state index in [9.17, 15) is 19.2 Å². The van der Waals surface area contributed by atoms with Gasteiger partial charge in [0.25, 0.3) is 0 Å². The van der Waals surface area contributed by atoms with Crippen molar-refractivity contribution >= 4 is 57.0 Å². The number of likely N-dealkylation sites (tertiary alicyclic amines) is 1. The first kappa shape index (κ1) is 41.8. The molecule has 4 amide bonds. The van der Waals surface area contributed by atoms with Crippen molar-refractivity contribution < 1.29 is 28.7 Å². The summed E-state index contributed by atoms with van der Waals surface area (Å²) in [7, 11) is 2.59. The minimum absolute atomic E-state index is 0.0582. The average Bonchev–Trinajstić information content (AvgIpc) is 3.90. The van der Waals surface area contributed by atoms with E-state index in [1.54, 1.807) is 0 Å². The highest BCUT2D eigenvalue weighted by atomic mass is 16.5. The number of methoxy groups -OCH3 is 2. The Morgan fingerprint density at radius 3 is 2.10 bits per heavy atom. The molecule has 8 unspecified atom stereocenters. The van der Waals surface area contributed by atoms with Crippen molar-refractivity contribution in [2.75, 3.05) is 14.2 Å². The quantitative estimate of drug-likeness (QED) is 0.0785. The van der Waals surface area contributed by atoms with Crippen LogP contribution in [0.3, 0.4) is 0 Å². The van der Waals surface area contributed by atoms with Crippen LogP contribution in [0.1, 0.15) is 71.6 Å². The Morgan fingerprint density at radius 1 is 0.746 bits per heavy atom. The van der Waals surface area contributed by atoms with Gasteiger partial charge < -0.3 is 40.3 Å². The number of nitrogens with zero attached hydrogens (tertiary/aromatic N) is 4. The average molecular weight is 854 g/mol. The summed E-state index contributed by atoms with van der Waals surface area (Å²) in [5.74, 6) is 2.30. The number of carbonyl (C=O) groups excluding carboxylic acids is 4. The molecule has 0 radical (unpaired) electrons. The Labute approximate surface area is 365 Å². The third kappa shape index (κ3) is 8.28. The number of imidazole rings is 2. The smallest absolute Gasteiger partial charge is 0.407 e. The number of ether oxygens (including phenoxy) is 2. The summed E-state index contributed by atoms with van der Waals surface area (Å²) in [6, 6.07) is 21.5. The van der Waals surface area contributed by atoms with Gasteiger partial charge in [0.1, 0.15) is 23.7 Å². The van der Waals surface area contributed by atoms with Gasteiger partial charge in [0.2, 0.25) is 11.8 Å². The Balaban J connectivity index is 0.858. The SMILES string of the molecule is COC(=O)NC(C(=O)NC1C(C)C1CCc1nc2ccc(-c3ccc4nc(-c5ccc6nc(C7CC8CC8N7C(=O)C(NC(=O)OC)C(C)C)[nH]c6c5)ccc4c3)cc2[nH]1)C(C)C. The number of H-pyrrole nitrogens is 2. The number of rotatable bonds is 13. The van der Waals surface area contributed by atoms with Crippen LogP contribution in [0.25, 0.3) is 55.4 Å². The van der Waals surface area contributed by atoms with E-state index in [4.69, 9.17) is 24.4 Å². The van der Waals surface area contributed by atoms with Gasteiger partial charge >= 0.3 is 12.2 Å². The van der Waals surface area contributed by atoms with Crippen LogP contribution in [-0.2, 0) is 25.5 Å². The number of alkyl carbamates (subject to hydrolysis) is 2. The van der Waals surface area contributed by atoms with Gasteiger partial charge in [-0.05, 0) is 102 Å². The fourth-order valence-corrected chi connectivity index (χ4v) is 9.56. The Hall–Kier alpha value is -6.51. The molecular weight excluding hydrogens is 799 g/mol. The van der Waals surface area contributed by atoms with Gasteiger partial charge in [-0.15, -0.1) is 0 Å². The zero-order chi connectivity index (χ0) is 44.3. The molecule has 5 N–H and O–H groups in total. The molecular formula is C48H55N9O6. The van der Waals surface area contributed by atoms with E-state index in [0.717, 1.165) is 92.7 Å². The third-order valence-electron chi connectivity index (χ3n) is 13.4. The lowest BCUT2D eigenvalue weighted by molar-refractivity contribution is -0.136. The van der Waals surface area contributed by atoms with E-state index in [-0.39, 0.29) is 41.8 Å². The Morgan fingerprint density at radius 2 is 1.38 bits per heavy atom. The highest BCUT2D eigenvalue weighted by Crippen LogP contribution is 2.53. The molecule has 3 aliphatic rings. The lowest BCUT2D eigenvalue weighted by Crippen LogP contribution is -2.52. The van der Waals surface area contributed by atoms with Gasteiger partial charge in [-0.25, -0.2) is 24.5 Å². The zero-order valence-electron chi connectivity index (χ0n) is 36.7. The van der Waals surface area contributed by atoms with Gasteiger partial charge in [0.05, 0.1) is 53.5 Å². The molecule has 3 aromatic carbocycles. The summed E-state index contributed by atoms with van der Waals surface area (Å²) >= 11 is 0. The largest absolute Gasteiger partial charge is 0.453 e. The van der Waals surface area contributed by atoms with E-state index in [1.165, 1.54) is 14.2 Å². The summed E-state index contributed by atoms with van der Waals surface area (Å²) in [5.41, 5.74) is 8.40. The molecule has 2 saturated carbocycles. The predicted molar refractivity (Wildman–Crippen MR) is 239 cm³/mol. The molecule has 8 atom stereocenters. The second-order valence-electron chi connectivity index (χ2n) is 18.2. The number of aromatic nitrogens is 5. The first-order valence-corrected chi connectivity index (χ1v) is 22.0. The fourth-order valence-electron chi connectivity index (χ4n) is 9.56. The highest BCUT2D eigenvalue weighted by molar-refractivity contribution is 5.91. The fraction of sp³-hybridized carbons (Fsp3) is 0.438.